The number of anilines is 1. The number of hydrogen-bond acceptors (Lipinski definition) is 3. The minimum atomic E-state index is 0.629. The van der Waals surface area contributed by atoms with Crippen LogP contribution in [0.3, 0.4) is 0 Å². The van der Waals surface area contributed by atoms with Gasteiger partial charge in [-0.2, -0.15) is 0 Å². The number of nitrogens with two attached hydrogens (primary N) is 1. The maximum atomic E-state index is 6.29. The molecule has 2 N–H and O–H groups in total. The van der Waals surface area contributed by atoms with Gasteiger partial charge in [0.05, 0.1) is 5.69 Å². The van der Waals surface area contributed by atoms with Crippen molar-refractivity contribution in [1.82, 2.24) is 0 Å². The zero-order chi connectivity index (χ0) is 15.8. The van der Waals surface area contributed by atoms with Crippen LogP contribution >= 0.6 is 0 Å². The topological polar surface area (TPSA) is 51.5 Å². The number of nitrogen functional groups attached to an aromatic ring is 1. The van der Waals surface area contributed by atoms with Crippen LogP contribution in [0.5, 0.6) is 0 Å². The van der Waals surface area contributed by atoms with E-state index in [-0.39, 0.29) is 0 Å². The highest BCUT2D eigenvalue weighted by atomic mass is 16.3. The Bertz CT molecular complexity index is 1040. The molecule has 1 aromatic heterocycles. The Kier molecular flexibility index (Phi) is 3.12. The molecular formula is C20H16N2O. The minimum Gasteiger partial charge on any atom is -0.452 e. The van der Waals surface area contributed by atoms with E-state index >= 15 is 0 Å². The van der Waals surface area contributed by atoms with Crippen molar-refractivity contribution in [3.8, 4) is 0 Å². The Morgan fingerprint density at radius 2 is 1.65 bits per heavy atom. The fourth-order valence-electron chi connectivity index (χ4n) is 2.94. The van der Waals surface area contributed by atoms with Gasteiger partial charge in [0, 0.05) is 18.0 Å². The van der Waals surface area contributed by atoms with Gasteiger partial charge in [0.15, 0.2) is 5.76 Å². The molecule has 0 aliphatic heterocycles. The van der Waals surface area contributed by atoms with Crippen molar-refractivity contribution in [1.29, 1.82) is 0 Å². The number of benzene rings is 3. The normalized spacial score (nSPS) is 12.1. The first-order valence-corrected chi connectivity index (χ1v) is 7.51. The molecule has 0 fully saturated rings. The van der Waals surface area contributed by atoms with Gasteiger partial charge < -0.3 is 10.2 Å². The van der Waals surface area contributed by atoms with Gasteiger partial charge in [0.1, 0.15) is 11.3 Å². The van der Waals surface area contributed by atoms with Crippen LogP contribution in [0.1, 0.15) is 11.3 Å². The summed E-state index contributed by atoms with van der Waals surface area (Å²) in [5.74, 6) is 0.629. The zero-order valence-electron chi connectivity index (χ0n) is 12.8. The molecule has 0 radical (unpaired) electrons. The zero-order valence-corrected chi connectivity index (χ0v) is 12.8. The van der Waals surface area contributed by atoms with E-state index in [1.807, 2.05) is 36.4 Å². The average Bonchev–Trinajstić information content (AvgIpc) is 2.93. The van der Waals surface area contributed by atoms with E-state index in [0.717, 1.165) is 22.2 Å². The molecule has 4 rings (SSSR count). The Morgan fingerprint density at radius 3 is 2.43 bits per heavy atom. The lowest BCUT2D eigenvalue weighted by Crippen LogP contribution is -2.04. The maximum absolute atomic E-state index is 6.29. The number of hydrogen-bond donors (Lipinski definition) is 1. The van der Waals surface area contributed by atoms with Crippen LogP contribution in [0, 0.1) is 0 Å². The van der Waals surface area contributed by atoms with Crippen molar-refractivity contribution in [2.45, 2.75) is 0 Å². The SMILES string of the molecule is CN=C(c1ccc2ccccc2c1)c1oc2ccccc2c1N. The number of fused-ring (bicyclic) bond motifs is 2. The quantitative estimate of drug-likeness (QED) is 0.548. The van der Waals surface area contributed by atoms with Crippen LogP contribution in [0.15, 0.2) is 76.1 Å². The molecule has 0 unspecified atom stereocenters. The van der Waals surface area contributed by atoms with Gasteiger partial charge in [-0.15, -0.1) is 0 Å². The molecule has 1 heterocycles. The van der Waals surface area contributed by atoms with E-state index in [9.17, 15) is 0 Å². The first kappa shape index (κ1) is 13.6. The summed E-state index contributed by atoms with van der Waals surface area (Å²) in [5, 5.41) is 3.29. The molecule has 3 aromatic carbocycles. The minimum absolute atomic E-state index is 0.629. The fraction of sp³-hybridized carbons (Fsp3) is 0.0500. The molecule has 0 spiro atoms. The number of nitrogens with zero attached hydrogens (tertiary/aromatic N) is 1. The van der Waals surface area contributed by atoms with E-state index < -0.39 is 0 Å². The second-order valence-electron chi connectivity index (χ2n) is 5.48. The molecule has 0 aliphatic rings. The van der Waals surface area contributed by atoms with Crippen LogP contribution in [-0.4, -0.2) is 12.8 Å². The molecule has 23 heavy (non-hydrogen) atoms. The predicted octanol–water partition coefficient (Wildman–Crippen LogP) is 4.64. The lowest BCUT2D eigenvalue weighted by molar-refractivity contribution is 0.606. The number of aliphatic imine (C=N–C) groups is 1. The summed E-state index contributed by atoms with van der Waals surface area (Å²) in [4.78, 5) is 4.43. The van der Waals surface area contributed by atoms with Gasteiger partial charge in [-0.1, -0.05) is 48.5 Å². The summed E-state index contributed by atoms with van der Waals surface area (Å²) in [6.07, 6.45) is 0. The highest BCUT2D eigenvalue weighted by molar-refractivity contribution is 6.18. The summed E-state index contributed by atoms with van der Waals surface area (Å²) in [7, 11) is 1.76. The Morgan fingerprint density at radius 1 is 0.913 bits per heavy atom. The molecule has 112 valence electrons. The lowest BCUT2D eigenvalue weighted by atomic mass is 10.0. The van der Waals surface area contributed by atoms with Gasteiger partial charge in [-0.05, 0) is 29.0 Å². The highest BCUT2D eigenvalue weighted by Gasteiger charge is 2.17. The van der Waals surface area contributed by atoms with E-state index in [1.165, 1.54) is 10.8 Å². The molecule has 0 aliphatic carbocycles. The van der Waals surface area contributed by atoms with Gasteiger partial charge in [0.25, 0.3) is 0 Å². The maximum Gasteiger partial charge on any atom is 0.176 e. The molecule has 0 saturated carbocycles. The average molecular weight is 300 g/mol. The number of para-hydroxylation sites is 1. The van der Waals surface area contributed by atoms with Crippen molar-refractivity contribution < 1.29 is 4.42 Å². The van der Waals surface area contributed by atoms with Gasteiger partial charge in [-0.25, -0.2) is 0 Å². The van der Waals surface area contributed by atoms with E-state index in [1.54, 1.807) is 7.05 Å². The van der Waals surface area contributed by atoms with E-state index in [4.69, 9.17) is 10.2 Å². The molecular weight excluding hydrogens is 284 g/mol. The van der Waals surface area contributed by atoms with E-state index in [0.29, 0.717) is 11.4 Å². The third-order valence-electron chi connectivity index (χ3n) is 4.10. The largest absolute Gasteiger partial charge is 0.452 e. The van der Waals surface area contributed by atoms with E-state index in [2.05, 4.69) is 35.3 Å². The fourth-order valence-corrected chi connectivity index (χ4v) is 2.94. The van der Waals surface area contributed by atoms with Crippen LogP contribution in [0.25, 0.3) is 21.7 Å². The third-order valence-corrected chi connectivity index (χ3v) is 4.10. The van der Waals surface area contributed by atoms with Crippen LogP contribution in [0.2, 0.25) is 0 Å². The molecule has 0 bridgehead atoms. The van der Waals surface area contributed by atoms with Crippen LogP contribution in [0.4, 0.5) is 5.69 Å². The predicted molar refractivity (Wildman–Crippen MR) is 96.1 cm³/mol. The number of rotatable bonds is 2. The van der Waals surface area contributed by atoms with Crippen LogP contribution < -0.4 is 5.73 Å². The van der Waals surface area contributed by atoms with Gasteiger partial charge >= 0.3 is 0 Å². The molecule has 3 nitrogen and oxygen atoms in total. The second kappa shape index (κ2) is 5.29. The van der Waals surface area contributed by atoms with Gasteiger partial charge in [0.2, 0.25) is 0 Å². The number of furan rings is 1. The molecule has 4 aromatic rings. The Hall–Kier alpha value is -3.07. The first-order valence-electron chi connectivity index (χ1n) is 7.51. The molecule has 0 saturated heterocycles. The highest BCUT2D eigenvalue weighted by Crippen LogP contribution is 2.30. The molecule has 0 atom stereocenters. The summed E-state index contributed by atoms with van der Waals surface area (Å²) in [6.45, 7) is 0. The van der Waals surface area contributed by atoms with Crippen molar-refractivity contribution >= 4 is 33.1 Å². The second-order valence-corrected chi connectivity index (χ2v) is 5.48. The monoisotopic (exact) mass is 300 g/mol. The van der Waals surface area contributed by atoms with Crippen molar-refractivity contribution in [2.24, 2.45) is 4.99 Å². The summed E-state index contributed by atoms with van der Waals surface area (Å²) >= 11 is 0. The van der Waals surface area contributed by atoms with Crippen LogP contribution in [-0.2, 0) is 0 Å². The Labute approximate surface area is 134 Å². The van der Waals surface area contributed by atoms with Crippen molar-refractivity contribution in [2.75, 3.05) is 12.8 Å². The van der Waals surface area contributed by atoms with Crippen molar-refractivity contribution in [3.05, 3.63) is 78.1 Å². The Balaban J connectivity index is 1.91. The lowest BCUT2D eigenvalue weighted by Gasteiger charge is -2.06. The standard InChI is InChI=1S/C20H16N2O/c1-22-19(15-11-10-13-6-2-3-7-14(13)12-15)20-18(21)16-8-4-5-9-17(16)23-20/h2-12H,21H2,1H3. The molecule has 3 heteroatoms. The summed E-state index contributed by atoms with van der Waals surface area (Å²) in [6, 6.07) is 22.3. The van der Waals surface area contributed by atoms with Gasteiger partial charge in [-0.3, -0.25) is 4.99 Å². The molecule has 0 amide bonds. The van der Waals surface area contributed by atoms with Crippen molar-refractivity contribution in [3.63, 3.8) is 0 Å². The first-order chi connectivity index (χ1) is 11.3. The third kappa shape index (κ3) is 2.18. The smallest absolute Gasteiger partial charge is 0.176 e. The summed E-state index contributed by atoms with van der Waals surface area (Å²) < 4.78 is 5.96. The summed E-state index contributed by atoms with van der Waals surface area (Å²) in [5.41, 5.74) is 9.47.